The number of fused-ring (bicyclic) bond motifs is 1. The number of amides is 1. The van der Waals surface area contributed by atoms with Crippen LogP contribution in [0.25, 0.3) is 10.9 Å². The number of H-pyrrole nitrogens is 1. The van der Waals surface area contributed by atoms with Crippen LogP contribution >= 0.6 is 0 Å². The second-order valence-electron chi connectivity index (χ2n) is 8.44. The number of hydrogen-bond acceptors (Lipinski definition) is 3. The zero-order chi connectivity index (χ0) is 16.9. The van der Waals surface area contributed by atoms with Crippen LogP contribution < -0.4 is 0 Å². The molecule has 5 heteroatoms. The van der Waals surface area contributed by atoms with Crippen molar-refractivity contribution in [3.8, 4) is 0 Å². The van der Waals surface area contributed by atoms with Gasteiger partial charge in [0.25, 0.3) is 0 Å². The van der Waals surface area contributed by atoms with Crippen molar-refractivity contribution < 1.29 is 9.53 Å². The molecule has 2 fully saturated rings. The quantitative estimate of drug-likeness (QED) is 0.859. The normalized spacial score (nSPS) is 22.8. The molecule has 1 atom stereocenters. The van der Waals surface area contributed by atoms with E-state index in [9.17, 15) is 4.79 Å². The van der Waals surface area contributed by atoms with Crippen molar-refractivity contribution in [1.82, 2.24) is 14.9 Å². The number of likely N-dealkylation sites (tertiary alicyclic amines) is 1. The van der Waals surface area contributed by atoms with Crippen molar-refractivity contribution in [1.29, 1.82) is 0 Å². The topological polar surface area (TPSA) is 58.2 Å². The van der Waals surface area contributed by atoms with Gasteiger partial charge in [0, 0.05) is 36.3 Å². The minimum atomic E-state index is -0.421. The standard InChI is InChI=1S/C19H25N3O2/c1-18(2,3)24-17(23)22-11-19(12-22)6-4-13(8-19)15-9-21-16-10-20-7-5-14(15)16/h5,7,9-10,13,21H,4,6,8,11-12H2,1-3H3. The van der Waals surface area contributed by atoms with Gasteiger partial charge in [-0.05, 0) is 57.6 Å². The number of carbonyl (C=O) groups is 1. The van der Waals surface area contributed by atoms with Crippen molar-refractivity contribution in [3.05, 3.63) is 30.2 Å². The zero-order valence-electron chi connectivity index (χ0n) is 14.6. The van der Waals surface area contributed by atoms with E-state index in [1.54, 1.807) is 0 Å². The summed E-state index contributed by atoms with van der Waals surface area (Å²) in [6.45, 7) is 7.42. The highest BCUT2D eigenvalue weighted by molar-refractivity contribution is 5.82. The van der Waals surface area contributed by atoms with Crippen LogP contribution in [0.1, 0.15) is 51.5 Å². The second-order valence-corrected chi connectivity index (χ2v) is 8.44. The molecule has 1 N–H and O–H groups in total. The van der Waals surface area contributed by atoms with E-state index in [1.165, 1.54) is 23.8 Å². The lowest BCUT2D eigenvalue weighted by atomic mass is 9.77. The van der Waals surface area contributed by atoms with E-state index in [-0.39, 0.29) is 11.5 Å². The van der Waals surface area contributed by atoms with Crippen molar-refractivity contribution in [2.75, 3.05) is 13.1 Å². The van der Waals surface area contributed by atoms with Crippen LogP contribution in [0.15, 0.2) is 24.7 Å². The van der Waals surface area contributed by atoms with Crippen LogP contribution in [-0.2, 0) is 4.74 Å². The number of rotatable bonds is 1. The van der Waals surface area contributed by atoms with E-state index in [0.717, 1.165) is 25.0 Å². The fourth-order valence-corrected chi connectivity index (χ4v) is 4.31. The Morgan fingerprint density at radius 1 is 1.42 bits per heavy atom. The molecule has 1 aliphatic heterocycles. The Morgan fingerprint density at radius 2 is 2.21 bits per heavy atom. The minimum absolute atomic E-state index is 0.172. The molecule has 0 aromatic carbocycles. The molecule has 1 unspecified atom stereocenters. The summed E-state index contributed by atoms with van der Waals surface area (Å²) in [7, 11) is 0. The summed E-state index contributed by atoms with van der Waals surface area (Å²) in [6.07, 6.45) is 9.25. The molecule has 1 spiro atoms. The van der Waals surface area contributed by atoms with Crippen molar-refractivity contribution in [2.45, 2.75) is 51.6 Å². The van der Waals surface area contributed by atoms with Crippen LogP contribution in [0.4, 0.5) is 4.79 Å². The third-order valence-electron chi connectivity index (χ3n) is 5.36. The number of pyridine rings is 1. The predicted octanol–water partition coefficient (Wildman–Crippen LogP) is 4.07. The fraction of sp³-hybridized carbons (Fsp3) is 0.579. The molecule has 1 aliphatic carbocycles. The van der Waals surface area contributed by atoms with Crippen molar-refractivity contribution in [2.24, 2.45) is 5.41 Å². The second kappa shape index (κ2) is 5.23. The van der Waals surface area contributed by atoms with Gasteiger partial charge in [0.05, 0.1) is 11.7 Å². The lowest BCUT2D eigenvalue weighted by Crippen LogP contribution is -2.58. The monoisotopic (exact) mass is 327 g/mol. The van der Waals surface area contributed by atoms with Gasteiger partial charge in [-0.2, -0.15) is 0 Å². The molecule has 1 saturated heterocycles. The number of nitrogens with one attached hydrogen (secondary N) is 1. The van der Waals surface area contributed by atoms with Crippen LogP contribution in [0, 0.1) is 5.41 Å². The third kappa shape index (κ3) is 2.66. The summed E-state index contributed by atoms with van der Waals surface area (Å²) in [5, 5.41) is 1.29. The van der Waals surface area contributed by atoms with Gasteiger partial charge in [-0.25, -0.2) is 4.79 Å². The number of nitrogens with zero attached hydrogens (tertiary/aromatic N) is 2. The molecular weight excluding hydrogens is 302 g/mol. The summed E-state index contributed by atoms with van der Waals surface area (Å²) in [6, 6.07) is 2.10. The summed E-state index contributed by atoms with van der Waals surface area (Å²) in [4.78, 5) is 21.5. The maximum atomic E-state index is 12.2. The number of aromatic amines is 1. The molecule has 3 heterocycles. The molecule has 5 nitrogen and oxygen atoms in total. The summed E-state index contributed by atoms with van der Waals surface area (Å²) < 4.78 is 5.48. The van der Waals surface area contributed by atoms with Crippen molar-refractivity contribution >= 4 is 17.0 Å². The van der Waals surface area contributed by atoms with E-state index in [2.05, 4.69) is 22.2 Å². The zero-order valence-corrected chi connectivity index (χ0v) is 14.6. The van der Waals surface area contributed by atoms with Gasteiger partial charge in [0.1, 0.15) is 5.60 Å². The molecule has 2 aromatic heterocycles. The third-order valence-corrected chi connectivity index (χ3v) is 5.36. The largest absolute Gasteiger partial charge is 0.444 e. The van der Waals surface area contributed by atoms with E-state index >= 15 is 0 Å². The Balaban J connectivity index is 1.42. The smallest absolute Gasteiger partial charge is 0.410 e. The van der Waals surface area contributed by atoms with E-state index < -0.39 is 5.60 Å². The molecule has 128 valence electrons. The van der Waals surface area contributed by atoms with Gasteiger partial charge in [0.15, 0.2) is 0 Å². The van der Waals surface area contributed by atoms with Gasteiger partial charge < -0.3 is 14.6 Å². The molecule has 0 bridgehead atoms. The van der Waals surface area contributed by atoms with Crippen LogP contribution in [0.3, 0.4) is 0 Å². The van der Waals surface area contributed by atoms with Crippen LogP contribution in [-0.4, -0.2) is 39.7 Å². The Labute approximate surface area is 142 Å². The van der Waals surface area contributed by atoms with Crippen LogP contribution in [0.2, 0.25) is 0 Å². The number of hydrogen-bond donors (Lipinski definition) is 1. The average Bonchev–Trinajstić information content (AvgIpc) is 3.07. The Bertz CT molecular complexity index is 768. The molecule has 2 aliphatic rings. The predicted molar refractivity (Wildman–Crippen MR) is 92.9 cm³/mol. The molecule has 2 aromatic rings. The SMILES string of the molecule is CC(C)(C)OC(=O)N1CC2(CCC(c3c[nH]c4cnccc34)C2)C1. The highest BCUT2D eigenvalue weighted by Gasteiger charge is 2.50. The first-order valence-corrected chi connectivity index (χ1v) is 8.74. The number of aromatic nitrogens is 2. The highest BCUT2D eigenvalue weighted by atomic mass is 16.6. The Morgan fingerprint density at radius 3 is 2.96 bits per heavy atom. The van der Waals surface area contributed by atoms with Crippen molar-refractivity contribution in [3.63, 3.8) is 0 Å². The molecule has 4 rings (SSSR count). The van der Waals surface area contributed by atoms with E-state index in [4.69, 9.17) is 4.74 Å². The minimum Gasteiger partial charge on any atom is -0.444 e. The first-order chi connectivity index (χ1) is 11.4. The first kappa shape index (κ1) is 15.5. The van der Waals surface area contributed by atoms with Crippen LogP contribution in [0.5, 0.6) is 0 Å². The lowest BCUT2D eigenvalue weighted by Gasteiger charge is -2.48. The van der Waals surface area contributed by atoms with E-state index in [1.807, 2.05) is 38.1 Å². The molecule has 0 radical (unpaired) electrons. The lowest BCUT2D eigenvalue weighted by molar-refractivity contribution is -0.0323. The summed E-state index contributed by atoms with van der Waals surface area (Å²) in [5.74, 6) is 0.571. The van der Waals surface area contributed by atoms with Gasteiger partial charge in [-0.1, -0.05) is 0 Å². The van der Waals surface area contributed by atoms with Gasteiger partial charge in [-0.15, -0.1) is 0 Å². The van der Waals surface area contributed by atoms with E-state index in [0.29, 0.717) is 5.92 Å². The highest BCUT2D eigenvalue weighted by Crippen LogP contribution is 2.52. The molecule has 1 amide bonds. The maximum Gasteiger partial charge on any atom is 0.410 e. The molecular formula is C19H25N3O2. The fourth-order valence-electron chi connectivity index (χ4n) is 4.31. The van der Waals surface area contributed by atoms with Gasteiger partial charge >= 0.3 is 6.09 Å². The molecule has 1 saturated carbocycles. The summed E-state index contributed by atoms with van der Waals surface area (Å²) >= 11 is 0. The average molecular weight is 327 g/mol. The Hall–Kier alpha value is -2.04. The van der Waals surface area contributed by atoms with Gasteiger partial charge in [-0.3, -0.25) is 4.98 Å². The maximum absolute atomic E-state index is 12.2. The first-order valence-electron chi connectivity index (χ1n) is 8.74. The molecule has 24 heavy (non-hydrogen) atoms. The number of ether oxygens (including phenoxy) is 1. The number of carbonyl (C=O) groups excluding carboxylic acids is 1. The Kier molecular flexibility index (Phi) is 3.37. The van der Waals surface area contributed by atoms with Gasteiger partial charge in [0.2, 0.25) is 0 Å². The summed E-state index contributed by atoms with van der Waals surface area (Å²) in [5.41, 5.74) is 2.38.